The highest BCUT2D eigenvalue weighted by Crippen LogP contribution is 2.32. The van der Waals surface area contributed by atoms with Crippen LogP contribution in [0.4, 0.5) is 14.5 Å². The quantitative estimate of drug-likeness (QED) is 0.457. The van der Waals surface area contributed by atoms with Crippen LogP contribution in [0.25, 0.3) is 0 Å². The fourth-order valence-electron chi connectivity index (χ4n) is 1.24. The maximum Gasteiger partial charge on any atom is 0.269 e. The fourth-order valence-corrected chi connectivity index (χ4v) is 2.29. The largest absolute Gasteiger partial charge is 0.269 e. The Hall–Kier alpha value is -1.09. The van der Waals surface area contributed by atoms with Crippen LogP contribution >= 0.6 is 7.92 Å². The van der Waals surface area contributed by atoms with Gasteiger partial charge in [-0.25, -0.2) is 8.78 Å². The van der Waals surface area contributed by atoms with Gasteiger partial charge in [0.15, 0.2) is 0 Å². The number of hydrogen-bond donors (Lipinski definition) is 0. The van der Waals surface area contributed by atoms with Gasteiger partial charge in [0.05, 0.1) is 4.92 Å². The van der Waals surface area contributed by atoms with E-state index >= 15 is 0 Å². The molecule has 1 aromatic rings. The number of halogens is 2. The third-order valence-corrected chi connectivity index (χ3v) is 3.31. The highest BCUT2D eigenvalue weighted by molar-refractivity contribution is 7.64. The second kappa shape index (κ2) is 4.62. The second-order valence-corrected chi connectivity index (χ2v) is 5.47. The van der Waals surface area contributed by atoms with Gasteiger partial charge in [0, 0.05) is 17.7 Å². The zero-order valence-corrected chi connectivity index (χ0v) is 9.17. The molecule has 3 nitrogen and oxygen atoms in total. The summed E-state index contributed by atoms with van der Waals surface area (Å²) in [6.45, 7) is 3.67. The van der Waals surface area contributed by atoms with Gasteiger partial charge in [-0.15, -0.1) is 0 Å². The van der Waals surface area contributed by atoms with Crippen molar-refractivity contribution in [3.05, 3.63) is 33.9 Å². The zero-order valence-electron chi connectivity index (χ0n) is 8.28. The molecule has 0 heterocycles. The van der Waals surface area contributed by atoms with Crippen molar-refractivity contribution in [2.75, 3.05) is 13.3 Å². The molecule has 0 radical (unpaired) electrons. The Morgan fingerprint density at radius 3 is 2.40 bits per heavy atom. The Morgan fingerprint density at radius 2 is 2.00 bits per heavy atom. The van der Waals surface area contributed by atoms with Crippen molar-refractivity contribution >= 4 is 18.9 Å². The minimum Gasteiger partial charge on any atom is -0.258 e. The summed E-state index contributed by atoms with van der Waals surface area (Å²) in [4.78, 5) is 9.76. The van der Waals surface area contributed by atoms with E-state index in [2.05, 4.69) is 0 Å². The predicted octanol–water partition coefficient (Wildman–Crippen LogP) is 2.90. The Labute approximate surface area is 87.0 Å². The Balaban J connectivity index is 3.27. The van der Waals surface area contributed by atoms with E-state index in [0.29, 0.717) is 5.30 Å². The van der Waals surface area contributed by atoms with Gasteiger partial charge in [-0.2, -0.15) is 0 Å². The first-order valence-corrected chi connectivity index (χ1v) is 6.41. The second-order valence-electron chi connectivity index (χ2n) is 3.20. The van der Waals surface area contributed by atoms with Crippen LogP contribution in [-0.2, 0) is 0 Å². The minimum absolute atomic E-state index is 0.222. The van der Waals surface area contributed by atoms with Crippen molar-refractivity contribution in [2.45, 2.75) is 6.43 Å². The maximum absolute atomic E-state index is 12.6. The summed E-state index contributed by atoms with van der Waals surface area (Å²) >= 11 is 0. The normalized spacial score (nSPS) is 11.1. The first-order chi connectivity index (χ1) is 6.93. The number of alkyl halides is 2. The Bertz CT molecular complexity index is 382. The van der Waals surface area contributed by atoms with E-state index in [1.54, 1.807) is 0 Å². The van der Waals surface area contributed by atoms with Crippen LogP contribution in [0.5, 0.6) is 0 Å². The van der Waals surface area contributed by atoms with Crippen molar-refractivity contribution in [2.24, 2.45) is 0 Å². The molecule has 0 fully saturated rings. The Morgan fingerprint density at radius 1 is 1.40 bits per heavy atom. The third-order valence-electron chi connectivity index (χ3n) is 1.94. The van der Waals surface area contributed by atoms with Gasteiger partial charge in [-0.05, 0) is 24.7 Å². The SMILES string of the molecule is CP(C)c1ccc([N+](=O)[O-])cc1C(F)F. The van der Waals surface area contributed by atoms with Crippen LogP contribution in [0.3, 0.4) is 0 Å². The van der Waals surface area contributed by atoms with Gasteiger partial charge in [0.2, 0.25) is 0 Å². The molecule has 0 aliphatic carbocycles. The summed E-state index contributed by atoms with van der Waals surface area (Å²) in [7, 11) is -0.683. The minimum atomic E-state index is -2.66. The molecule has 0 aromatic heterocycles. The van der Waals surface area contributed by atoms with Crippen molar-refractivity contribution in [1.29, 1.82) is 0 Å². The smallest absolute Gasteiger partial charge is 0.258 e. The van der Waals surface area contributed by atoms with E-state index in [1.807, 2.05) is 13.3 Å². The molecule has 6 heteroatoms. The number of nitro groups is 1. The van der Waals surface area contributed by atoms with E-state index in [9.17, 15) is 18.9 Å². The van der Waals surface area contributed by atoms with Crippen LogP contribution in [-0.4, -0.2) is 18.3 Å². The Kier molecular flexibility index (Phi) is 3.69. The van der Waals surface area contributed by atoms with Crippen LogP contribution < -0.4 is 5.30 Å². The van der Waals surface area contributed by atoms with E-state index < -0.39 is 19.3 Å². The topological polar surface area (TPSA) is 43.1 Å². The summed E-state index contributed by atoms with van der Waals surface area (Å²) < 4.78 is 25.2. The highest BCUT2D eigenvalue weighted by atomic mass is 31.1. The van der Waals surface area contributed by atoms with E-state index in [-0.39, 0.29) is 11.3 Å². The van der Waals surface area contributed by atoms with Gasteiger partial charge < -0.3 is 0 Å². The fraction of sp³-hybridized carbons (Fsp3) is 0.333. The lowest BCUT2D eigenvalue weighted by molar-refractivity contribution is -0.385. The zero-order chi connectivity index (χ0) is 11.6. The number of nitro benzene ring substituents is 1. The van der Waals surface area contributed by atoms with E-state index in [0.717, 1.165) is 6.07 Å². The van der Waals surface area contributed by atoms with Gasteiger partial charge in [-0.1, -0.05) is 7.92 Å². The van der Waals surface area contributed by atoms with Crippen LogP contribution in [0, 0.1) is 10.1 Å². The third kappa shape index (κ3) is 2.69. The molecule has 0 spiro atoms. The summed E-state index contributed by atoms with van der Waals surface area (Å²) in [5.74, 6) is 0. The van der Waals surface area contributed by atoms with Crippen LogP contribution in [0.2, 0.25) is 0 Å². The van der Waals surface area contributed by atoms with Gasteiger partial charge in [0.25, 0.3) is 12.1 Å². The number of nitrogens with zero attached hydrogens (tertiary/aromatic N) is 1. The molecule has 1 rings (SSSR count). The van der Waals surface area contributed by atoms with Crippen LogP contribution in [0.15, 0.2) is 18.2 Å². The first kappa shape index (κ1) is 12.0. The molecular formula is C9H10F2NO2P. The molecule has 0 aliphatic heterocycles. The molecule has 1 aromatic carbocycles. The lowest BCUT2D eigenvalue weighted by Crippen LogP contribution is -2.08. The van der Waals surface area contributed by atoms with Crippen LogP contribution in [0.1, 0.15) is 12.0 Å². The molecule has 82 valence electrons. The molecule has 0 N–H and O–H groups in total. The summed E-state index contributed by atoms with van der Waals surface area (Å²) in [5, 5.41) is 10.9. The van der Waals surface area contributed by atoms with Crippen molar-refractivity contribution in [3.8, 4) is 0 Å². The van der Waals surface area contributed by atoms with E-state index in [1.165, 1.54) is 12.1 Å². The van der Waals surface area contributed by atoms with Crippen molar-refractivity contribution in [1.82, 2.24) is 0 Å². The monoisotopic (exact) mass is 233 g/mol. The molecule has 0 atom stereocenters. The number of benzene rings is 1. The van der Waals surface area contributed by atoms with Gasteiger partial charge in [-0.3, -0.25) is 10.1 Å². The number of hydrogen-bond acceptors (Lipinski definition) is 2. The number of non-ortho nitro benzene ring substituents is 1. The molecular weight excluding hydrogens is 223 g/mol. The molecule has 0 aliphatic rings. The molecule has 15 heavy (non-hydrogen) atoms. The lowest BCUT2D eigenvalue weighted by Gasteiger charge is -2.11. The highest BCUT2D eigenvalue weighted by Gasteiger charge is 2.19. The van der Waals surface area contributed by atoms with E-state index in [4.69, 9.17) is 0 Å². The lowest BCUT2D eigenvalue weighted by atomic mass is 10.2. The summed E-state index contributed by atoms with van der Waals surface area (Å²) in [5.41, 5.74) is -0.508. The molecule has 0 saturated carbocycles. The number of rotatable bonds is 3. The van der Waals surface area contributed by atoms with Crippen molar-refractivity contribution in [3.63, 3.8) is 0 Å². The average molecular weight is 233 g/mol. The first-order valence-electron chi connectivity index (χ1n) is 4.17. The molecule has 0 amide bonds. The summed E-state index contributed by atoms with van der Waals surface area (Å²) in [6.07, 6.45) is -2.66. The molecule has 0 saturated heterocycles. The van der Waals surface area contributed by atoms with Crippen molar-refractivity contribution < 1.29 is 13.7 Å². The van der Waals surface area contributed by atoms with Gasteiger partial charge in [0.1, 0.15) is 0 Å². The van der Waals surface area contributed by atoms with Gasteiger partial charge >= 0.3 is 0 Å². The molecule has 0 unspecified atom stereocenters. The maximum atomic E-state index is 12.6. The summed E-state index contributed by atoms with van der Waals surface area (Å²) in [6, 6.07) is 3.65. The predicted molar refractivity (Wildman–Crippen MR) is 56.5 cm³/mol. The molecule has 0 bridgehead atoms. The standard InChI is InChI=1S/C9H10F2NO2P/c1-15(2)8-4-3-6(12(13)14)5-7(8)9(10)11/h3-5,9H,1-2H3. The average Bonchev–Trinajstić information content (AvgIpc) is 2.16.